The summed E-state index contributed by atoms with van der Waals surface area (Å²) in [6, 6.07) is 8.57. The second-order valence-corrected chi connectivity index (χ2v) is 5.32. The molecule has 1 heterocycles. The van der Waals surface area contributed by atoms with Gasteiger partial charge in [-0.25, -0.2) is 0 Å². The Balaban J connectivity index is 1.73. The van der Waals surface area contributed by atoms with E-state index in [-0.39, 0.29) is 12.6 Å². The van der Waals surface area contributed by atoms with Gasteiger partial charge in [0.05, 0.1) is 21.3 Å². The second kappa shape index (κ2) is 7.69. The van der Waals surface area contributed by atoms with Crippen molar-refractivity contribution in [3.8, 4) is 28.7 Å². The Hall–Kier alpha value is -3.35. The topological polar surface area (TPSA) is 75.3 Å². The minimum Gasteiger partial charge on any atom is -0.493 e. The van der Waals surface area contributed by atoms with E-state index in [4.69, 9.17) is 23.7 Å². The standard InChI is InChI=1S/C19H19NO6/c1-22-17-9-13(10-18(23-2)19(17)24-3)20-7-6-14(21)12-4-5-15-16(8-12)26-11-25-15/h4-10,20H,11H2,1-3H3. The Morgan fingerprint density at radius 3 is 2.35 bits per heavy atom. The first-order valence-corrected chi connectivity index (χ1v) is 7.83. The van der Waals surface area contributed by atoms with Crippen molar-refractivity contribution in [3.63, 3.8) is 0 Å². The largest absolute Gasteiger partial charge is 0.493 e. The van der Waals surface area contributed by atoms with E-state index in [0.29, 0.717) is 40.0 Å². The first-order chi connectivity index (χ1) is 12.7. The summed E-state index contributed by atoms with van der Waals surface area (Å²) in [7, 11) is 4.62. The van der Waals surface area contributed by atoms with Gasteiger partial charge in [-0.3, -0.25) is 4.79 Å². The highest BCUT2D eigenvalue weighted by molar-refractivity contribution is 6.05. The van der Waals surface area contributed by atoms with Crippen LogP contribution >= 0.6 is 0 Å². The maximum absolute atomic E-state index is 12.3. The summed E-state index contributed by atoms with van der Waals surface area (Å²) in [5.74, 6) is 2.59. The second-order valence-electron chi connectivity index (χ2n) is 5.32. The number of benzene rings is 2. The van der Waals surface area contributed by atoms with Crippen LogP contribution in [-0.4, -0.2) is 33.9 Å². The predicted molar refractivity (Wildman–Crippen MR) is 95.8 cm³/mol. The molecule has 2 aromatic carbocycles. The lowest BCUT2D eigenvalue weighted by atomic mass is 10.1. The molecule has 2 aromatic rings. The highest BCUT2D eigenvalue weighted by Gasteiger charge is 2.15. The van der Waals surface area contributed by atoms with Crippen LogP contribution in [0, 0.1) is 0 Å². The molecule has 0 aromatic heterocycles. The van der Waals surface area contributed by atoms with E-state index in [1.54, 1.807) is 50.8 Å². The Morgan fingerprint density at radius 1 is 1.00 bits per heavy atom. The van der Waals surface area contributed by atoms with E-state index < -0.39 is 0 Å². The van der Waals surface area contributed by atoms with E-state index in [2.05, 4.69) is 5.32 Å². The number of anilines is 1. The molecule has 0 bridgehead atoms. The van der Waals surface area contributed by atoms with Gasteiger partial charge in [-0.15, -0.1) is 0 Å². The first kappa shape index (κ1) is 17.5. The first-order valence-electron chi connectivity index (χ1n) is 7.83. The molecule has 0 saturated carbocycles. The zero-order chi connectivity index (χ0) is 18.5. The van der Waals surface area contributed by atoms with Crippen LogP contribution in [0.15, 0.2) is 42.6 Å². The number of ketones is 1. The molecule has 0 unspecified atom stereocenters. The van der Waals surface area contributed by atoms with Gasteiger partial charge < -0.3 is 29.0 Å². The fraction of sp³-hybridized carbons (Fsp3) is 0.211. The average molecular weight is 357 g/mol. The summed E-state index contributed by atoms with van der Waals surface area (Å²) in [6.07, 6.45) is 2.98. The molecule has 0 saturated heterocycles. The monoisotopic (exact) mass is 357 g/mol. The normalized spacial score (nSPS) is 12.1. The molecule has 0 fully saturated rings. The Kier molecular flexibility index (Phi) is 5.17. The van der Waals surface area contributed by atoms with Crippen LogP contribution in [0.4, 0.5) is 5.69 Å². The third-order valence-corrected chi connectivity index (χ3v) is 3.81. The third-order valence-electron chi connectivity index (χ3n) is 3.81. The number of allylic oxidation sites excluding steroid dienone is 1. The number of carbonyl (C=O) groups excluding carboxylic acids is 1. The Morgan fingerprint density at radius 2 is 1.69 bits per heavy atom. The summed E-state index contributed by atoms with van der Waals surface area (Å²) in [4.78, 5) is 12.3. The maximum atomic E-state index is 12.3. The lowest BCUT2D eigenvalue weighted by Crippen LogP contribution is -1.99. The fourth-order valence-electron chi connectivity index (χ4n) is 2.52. The van der Waals surface area contributed by atoms with Crippen LogP contribution in [0.5, 0.6) is 28.7 Å². The van der Waals surface area contributed by atoms with E-state index >= 15 is 0 Å². The van der Waals surface area contributed by atoms with Crippen LogP contribution in [0.1, 0.15) is 10.4 Å². The highest BCUT2D eigenvalue weighted by Crippen LogP contribution is 2.40. The molecule has 0 amide bonds. The SMILES string of the molecule is COc1cc(NC=CC(=O)c2ccc3c(c2)OCO3)cc(OC)c1OC. The number of ether oxygens (including phenoxy) is 5. The third kappa shape index (κ3) is 3.51. The molecule has 26 heavy (non-hydrogen) atoms. The van der Waals surface area contributed by atoms with Gasteiger partial charge in [-0.05, 0) is 18.2 Å². The summed E-state index contributed by atoms with van der Waals surface area (Å²) in [5.41, 5.74) is 1.20. The minimum atomic E-state index is -0.164. The van der Waals surface area contributed by atoms with Crippen LogP contribution < -0.4 is 29.0 Å². The number of carbonyl (C=O) groups is 1. The molecule has 1 N–H and O–H groups in total. The molecule has 0 radical (unpaired) electrons. The van der Waals surface area contributed by atoms with Crippen molar-refractivity contribution in [3.05, 3.63) is 48.2 Å². The van der Waals surface area contributed by atoms with Crippen LogP contribution in [-0.2, 0) is 0 Å². The quantitative estimate of drug-likeness (QED) is 0.602. The lowest BCUT2D eigenvalue weighted by Gasteiger charge is -2.13. The zero-order valence-corrected chi connectivity index (χ0v) is 14.7. The van der Waals surface area contributed by atoms with Crippen LogP contribution in [0.3, 0.4) is 0 Å². The molecule has 0 spiro atoms. The van der Waals surface area contributed by atoms with Gasteiger partial charge in [0.25, 0.3) is 0 Å². The maximum Gasteiger partial charge on any atom is 0.231 e. The highest BCUT2D eigenvalue weighted by atomic mass is 16.7. The van der Waals surface area contributed by atoms with Crippen LogP contribution in [0.2, 0.25) is 0 Å². The van der Waals surface area contributed by atoms with Crippen molar-refractivity contribution in [1.82, 2.24) is 0 Å². The van der Waals surface area contributed by atoms with Crippen molar-refractivity contribution in [2.24, 2.45) is 0 Å². The summed E-state index contributed by atoms with van der Waals surface area (Å²) in [5, 5.41) is 3.03. The smallest absolute Gasteiger partial charge is 0.231 e. The number of hydrogen-bond donors (Lipinski definition) is 1. The van der Waals surface area contributed by atoms with Crippen molar-refractivity contribution >= 4 is 11.5 Å². The molecular formula is C19H19NO6. The number of rotatable bonds is 7. The van der Waals surface area contributed by atoms with Crippen molar-refractivity contribution in [1.29, 1.82) is 0 Å². The molecule has 136 valence electrons. The predicted octanol–water partition coefficient (Wildman–Crippen LogP) is 3.25. The van der Waals surface area contributed by atoms with E-state index in [0.717, 1.165) is 0 Å². The minimum absolute atomic E-state index is 0.164. The number of methoxy groups -OCH3 is 3. The molecule has 1 aliphatic heterocycles. The number of hydrogen-bond acceptors (Lipinski definition) is 7. The Labute approximate surface area is 151 Å². The van der Waals surface area contributed by atoms with Crippen molar-refractivity contribution < 1.29 is 28.5 Å². The molecule has 3 rings (SSSR count). The molecule has 7 heteroatoms. The molecule has 1 aliphatic rings. The van der Waals surface area contributed by atoms with E-state index in [1.165, 1.54) is 13.2 Å². The lowest BCUT2D eigenvalue weighted by molar-refractivity contribution is 0.104. The van der Waals surface area contributed by atoms with Gasteiger partial charge in [-0.2, -0.15) is 0 Å². The molecule has 7 nitrogen and oxygen atoms in total. The van der Waals surface area contributed by atoms with Gasteiger partial charge in [0.2, 0.25) is 12.5 Å². The Bertz CT molecular complexity index is 821. The van der Waals surface area contributed by atoms with Gasteiger partial charge >= 0.3 is 0 Å². The fourth-order valence-corrected chi connectivity index (χ4v) is 2.52. The molecule has 0 atom stereocenters. The molecule has 0 aliphatic carbocycles. The van der Waals surface area contributed by atoms with Crippen molar-refractivity contribution in [2.75, 3.05) is 33.4 Å². The van der Waals surface area contributed by atoms with Crippen LogP contribution in [0.25, 0.3) is 0 Å². The molecular weight excluding hydrogens is 338 g/mol. The number of nitrogens with one attached hydrogen (secondary N) is 1. The summed E-state index contributed by atoms with van der Waals surface area (Å²) in [6.45, 7) is 0.172. The van der Waals surface area contributed by atoms with Gasteiger partial charge in [0, 0.05) is 35.7 Å². The van der Waals surface area contributed by atoms with E-state index in [1.807, 2.05) is 0 Å². The summed E-state index contributed by atoms with van der Waals surface area (Å²) < 4.78 is 26.4. The zero-order valence-electron chi connectivity index (χ0n) is 14.7. The van der Waals surface area contributed by atoms with Crippen molar-refractivity contribution in [2.45, 2.75) is 0 Å². The summed E-state index contributed by atoms with van der Waals surface area (Å²) >= 11 is 0. The average Bonchev–Trinajstić information content (AvgIpc) is 3.14. The van der Waals surface area contributed by atoms with Gasteiger partial charge in [0.1, 0.15) is 0 Å². The number of fused-ring (bicyclic) bond motifs is 1. The van der Waals surface area contributed by atoms with E-state index in [9.17, 15) is 4.79 Å². The van der Waals surface area contributed by atoms with Gasteiger partial charge in [-0.1, -0.05) is 0 Å². The van der Waals surface area contributed by atoms with Gasteiger partial charge in [0.15, 0.2) is 28.8 Å².